The summed E-state index contributed by atoms with van der Waals surface area (Å²) in [5.74, 6) is -1.05. The van der Waals surface area contributed by atoms with Crippen LogP contribution in [-0.4, -0.2) is 29.4 Å². The first kappa shape index (κ1) is 24.5. The van der Waals surface area contributed by atoms with Gasteiger partial charge in [0.25, 0.3) is 0 Å². The highest BCUT2D eigenvalue weighted by atomic mass is 16.6. The maximum Gasteiger partial charge on any atom is 0.329 e. The van der Waals surface area contributed by atoms with Crippen molar-refractivity contribution in [3.05, 3.63) is 71.3 Å². The molecule has 6 nitrogen and oxygen atoms in total. The molecule has 3 atom stereocenters. The van der Waals surface area contributed by atoms with E-state index in [4.69, 9.17) is 10.5 Å². The fraction of sp³-hybridized carbons (Fsp3) is 0.444. The van der Waals surface area contributed by atoms with Crippen LogP contribution in [0.25, 0.3) is 0 Å². The second-order valence-electron chi connectivity index (χ2n) is 9.86. The molecule has 0 radical (unpaired) electrons. The molecule has 0 aromatic heterocycles. The molecule has 2 aromatic rings. The molecule has 6 heteroatoms. The average Bonchev–Trinajstić information content (AvgIpc) is 2.76. The summed E-state index contributed by atoms with van der Waals surface area (Å²) in [7, 11) is 0. The Bertz CT molecular complexity index is 1010. The van der Waals surface area contributed by atoms with E-state index in [1.165, 1.54) is 0 Å². The third-order valence-corrected chi connectivity index (χ3v) is 6.23. The minimum Gasteiger partial charge on any atom is -0.458 e. The third-order valence-electron chi connectivity index (χ3n) is 6.23. The van der Waals surface area contributed by atoms with Crippen molar-refractivity contribution in [3.8, 4) is 0 Å². The maximum atomic E-state index is 14.1. The molecule has 3 N–H and O–H groups in total. The van der Waals surface area contributed by atoms with Crippen LogP contribution in [0.5, 0.6) is 0 Å². The summed E-state index contributed by atoms with van der Waals surface area (Å²) >= 11 is 0. The Balaban J connectivity index is 2.04. The van der Waals surface area contributed by atoms with Crippen LogP contribution in [0.2, 0.25) is 0 Å². The van der Waals surface area contributed by atoms with Gasteiger partial charge in [-0.2, -0.15) is 0 Å². The SMILES string of the molecule is C[C@H]1CC[C@@](C(=O)N[C@@H](CCC(N)=O)C(=O)OC(C)(C)C)(c2ccccc2)c2ccccc21. The number of primary amides is 1. The van der Waals surface area contributed by atoms with Crippen molar-refractivity contribution in [1.29, 1.82) is 0 Å². The van der Waals surface area contributed by atoms with Crippen molar-refractivity contribution < 1.29 is 19.1 Å². The molecule has 33 heavy (non-hydrogen) atoms. The van der Waals surface area contributed by atoms with Gasteiger partial charge in [-0.25, -0.2) is 4.79 Å². The molecule has 3 rings (SSSR count). The molecule has 176 valence electrons. The van der Waals surface area contributed by atoms with Gasteiger partial charge in [0.2, 0.25) is 11.8 Å². The van der Waals surface area contributed by atoms with Gasteiger partial charge in [-0.1, -0.05) is 61.5 Å². The van der Waals surface area contributed by atoms with Crippen molar-refractivity contribution in [2.45, 2.75) is 76.4 Å². The average molecular weight is 451 g/mol. The first-order chi connectivity index (χ1) is 15.5. The first-order valence-corrected chi connectivity index (χ1v) is 11.5. The van der Waals surface area contributed by atoms with Crippen LogP contribution >= 0.6 is 0 Å². The van der Waals surface area contributed by atoms with E-state index in [0.717, 1.165) is 23.1 Å². The van der Waals surface area contributed by atoms with E-state index in [2.05, 4.69) is 18.3 Å². The molecule has 0 unspecified atom stereocenters. The second kappa shape index (κ2) is 9.77. The Morgan fingerprint density at radius 1 is 1.09 bits per heavy atom. The van der Waals surface area contributed by atoms with Gasteiger partial charge in [0.1, 0.15) is 11.6 Å². The first-order valence-electron chi connectivity index (χ1n) is 11.5. The molecule has 1 aliphatic carbocycles. The molecule has 0 saturated carbocycles. The quantitative estimate of drug-likeness (QED) is 0.624. The Morgan fingerprint density at radius 2 is 1.73 bits per heavy atom. The van der Waals surface area contributed by atoms with Crippen LogP contribution in [0.15, 0.2) is 54.6 Å². The minimum absolute atomic E-state index is 0.0316. The predicted octanol–water partition coefficient (Wildman–Crippen LogP) is 3.96. The monoisotopic (exact) mass is 450 g/mol. The molecule has 0 saturated heterocycles. The smallest absolute Gasteiger partial charge is 0.329 e. The number of nitrogens with two attached hydrogens (primary N) is 1. The van der Waals surface area contributed by atoms with Crippen molar-refractivity contribution in [1.82, 2.24) is 5.32 Å². The van der Waals surface area contributed by atoms with E-state index in [1.807, 2.05) is 48.5 Å². The molecule has 0 bridgehead atoms. The number of nitrogens with one attached hydrogen (secondary N) is 1. The zero-order valence-corrected chi connectivity index (χ0v) is 19.9. The Labute approximate surface area is 195 Å². The van der Waals surface area contributed by atoms with Gasteiger partial charge in [0.15, 0.2) is 0 Å². The Hall–Kier alpha value is -3.15. The number of hydrogen-bond donors (Lipinski definition) is 2. The minimum atomic E-state index is -0.976. The van der Waals surface area contributed by atoms with Crippen LogP contribution in [0.1, 0.15) is 76.0 Å². The molecule has 0 fully saturated rings. The van der Waals surface area contributed by atoms with E-state index < -0.39 is 28.9 Å². The summed E-state index contributed by atoms with van der Waals surface area (Å²) < 4.78 is 5.54. The lowest BCUT2D eigenvalue weighted by molar-refractivity contribution is -0.159. The largest absolute Gasteiger partial charge is 0.458 e. The van der Waals surface area contributed by atoms with Gasteiger partial charge in [0.05, 0.1) is 5.41 Å². The van der Waals surface area contributed by atoms with Crippen LogP contribution in [-0.2, 0) is 24.5 Å². The zero-order chi connectivity index (χ0) is 24.2. The summed E-state index contributed by atoms with van der Waals surface area (Å²) in [6, 6.07) is 16.7. The molecule has 0 aliphatic heterocycles. The van der Waals surface area contributed by atoms with Crippen molar-refractivity contribution >= 4 is 17.8 Å². The number of amides is 2. The van der Waals surface area contributed by atoms with Crippen molar-refractivity contribution in [2.24, 2.45) is 5.73 Å². The fourth-order valence-corrected chi connectivity index (χ4v) is 4.62. The Kier molecular flexibility index (Phi) is 7.25. The number of carbonyl (C=O) groups is 3. The molecule has 1 aliphatic rings. The highest BCUT2D eigenvalue weighted by Gasteiger charge is 2.47. The lowest BCUT2D eigenvalue weighted by Gasteiger charge is -2.41. The van der Waals surface area contributed by atoms with Crippen molar-refractivity contribution in [3.63, 3.8) is 0 Å². The fourth-order valence-electron chi connectivity index (χ4n) is 4.62. The summed E-state index contributed by atoms with van der Waals surface area (Å²) in [5, 5.41) is 2.94. The van der Waals surface area contributed by atoms with Gasteiger partial charge in [-0.05, 0) is 62.6 Å². The molecular weight excluding hydrogens is 416 g/mol. The predicted molar refractivity (Wildman–Crippen MR) is 128 cm³/mol. The highest BCUT2D eigenvalue weighted by molar-refractivity contribution is 5.95. The number of rotatable bonds is 7. The topological polar surface area (TPSA) is 98.5 Å². The number of benzene rings is 2. The second-order valence-corrected chi connectivity index (χ2v) is 9.86. The number of hydrogen-bond acceptors (Lipinski definition) is 4. The number of esters is 1. The zero-order valence-electron chi connectivity index (χ0n) is 19.9. The van der Waals surface area contributed by atoms with Gasteiger partial charge >= 0.3 is 5.97 Å². The normalized spacial score (nSPS) is 20.9. The van der Waals surface area contributed by atoms with Crippen molar-refractivity contribution in [2.75, 3.05) is 0 Å². The van der Waals surface area contributed by atoms with Gasteiger partial charge < -0.3 is 15.8 Å². The van der Waals surface area contributed by atoms with E-state index in [-0.39, 0.29) is 18.7 Å². The molecule has 0 spiro atoms. The lowest BCUT2D eigenvalue weighted by Crippen LogP contribution is -2.53. The molecule has 2 amide bonds. The van der Waals surface area contributed by atoms with Crippen LogP contribution < -0.4 is 11.1 Å². The van der Waals surface area contributed by atoms with Gasteiger partial charge in [-0.3, -0.25) is 9.59 Å². The highest BCUT2D eigenvalue weighted by Crippen LogP contribution is 2.47. The van der Waals surface area contributed by atoms with Gasteiger partial charge in [0, 0.05) is 6.42 Å². The third kappa shape index (κ3) is 5.44. The molecule has 0 heterocycles. The van der Waals surface area contributed by atoms with E-state index in [1.54, 1.807) is 20.8 Å². The number of carbonyl (C=O) groups excluding carboxylic acids is 3. The van der Waals surface area contributed by atoms with Crippen LogP contribution in [0.4, 0.5) is 0 Å². The van der Waals surface area contributed by atoms with E-state index in [9.17, 15) is 14.4 Å². The molecule has 2 aromatic carbocycles. The molecular formula is C27H34N2O4. The summed E-state index contributed by atoms with van der Waals surface area (Å²) in [5.41, 5.74) is 6.62. The maximum absolute atomic E-state index is 14.1. The van der Waals surface area contributed by atoms with Gasteiger partial charge in [-0.15, -0.1) is 0 Å². The van der Waals surface area contributed by atoms with Crippen LogP contribution in [0, 0.1) is 0 Å². The summed E-state index contributed by atoms with van der Waals surface area (Å²) in [6.07, 6.45) is 1.49. The lowest BCUT2D eigenvalue weighted by atomic mass is 9.63. The van der Waals surface area contributed by atoms with Crippen LogP contribution in [0.3, 0.4) is 0 Å². The standard InChI is InChI=1S/C27H34N2O4/c1-18-16-17-27(19-10-6-5-7-11-19,21-13-9-8-12-20(18)21)25(32)29-22(14-15-23(28)30)24(31)33-26(2,3)4/h5-13,18,22H,14-17H2,1-4H3,(H2,28,30)(H,29,32)/t18-,22-,27+/m0/s1. The summed E-state index contributed by atoms with van der Waals surface area (Å²) in [6.45, 7) is 7.47. The summed E-state index contributed by atoms with van der Waals surface area (Å²) in [4.78, 5) is 38.5. The Morgan fingerprint density at radius 3 is 2.36 bits per heavy atom. The number of fused-ring (bicyclic) bond motifs is 1. The van der Waals surface area contributed by atoms with E-state index in [0.29, 0.717) is 12.3 Å². The van der Waals surface area contributed by atoms with E-state index >= 15 is 0 Å². The number of ether oxygens (including phenoxy) is 1.